The van der Waals surface area contributed by atoms with Gasteiger partial charge in [-0.3, -0.25) is 9.67 Å². The molecule has 4 nitrogen and oxygen atoms in total. The van der Waals surface area contributed by atoms with Crippen LogP contribution in [0.1, 0.15) is 31.1 Å². The first-order valence-electron chi connectivity index (χ1n) is 6.22. The number of nitrogens with zero attached hydrogens (tertiary/aromatic N) is 3. The molecule has 0 aliphatic carbocycles. The number of aromatic nitrogens is 3. The highest BCUT2D eigenvalue weighted by Crippen LogP contribution is 2.28. The van der Waals surface area contributed by atoms with E-state index >= 15 is 0 Å². The average molecular weight is 283 g/mol. The number of hydrogen-bond acceptors (Lipinski definition) is 3. The van der Waals surface area contributed by atoms with E-state index in [0.717, 1.165) is 17.8 Å². The number of hydrogen-bond donors (Lipinski definition) is 1. The Bertz CT molecular complexity index is 555. The molecule has 1 N–H and O–H groups in total. The Balaban J connectivity index is 2.48. The summed E-state index contributed by atoms with van der Waals surface area (Å²) in [6.45, 7) is 5.40. The lowest BCUT2D eigenvalue weighted by Crippen LogP contribution is -2.25. The summed E-state index contributed by atoms with van der Waals surface area (Å²) in [7, 11) is 0. The lowest BCUT2D eigenvalue weighted by atomic mass is 10.1. The Kier molecular flexibility index (Phi) is 4.50. The maximum Gasteiger partial charge on any atom is 0.141 e. The van der Waals surface area contributed by atoms with E-state index in [1.54, 1.807) is 17.1 Å². The zero-order valence-corrected chi connectivity index (χ0v) is 11.7. The summed E-state index contributed by atoms with van der Waals surface area (Å²) in [6.07, 6.45) is 4.43. The molecule has 2 aromatic heterocycles. The number of rotatable bonds is 5. The van der Waals surface area contributed by atoms with Gasteiger partial charge in [0, 0.05) is 12.7 Å². The van der Waals surface area contributed by atoms with E-state index in [1.165, 1.54) is 12.3 Å². The van der Waals surface area contributed by atoms with Crippen LogP contribution >= 0.6 is 11.6 Å². The maximum absolute atomic E-state index is 13.3. The Hall–Kier alpha value is -1.46. The molecule has 0 spiro atoms. The van der Waals surface area contributed by atoms with Gasteiger partial charge >= 0.3 is 0 Å². The van der Waals surface area contributed by atoms with Crippen LogP contribution in [0.3, 0.4) is 0 Å². The Morgan fingerprint density at radius 1 is 1.37 bits per heavy atom. The van der Waals surface area contributed by atoms with Crippen molar-refractivity contribution in [2.24, 2.45) is 0 Å². The second kappa shape index (κ2) is 6.12. The maximum atomic E-state index is 13.3. The van der Waals surface area contributed by atoms with Gasteiger partial charge in [-0.05, 0) is 25.1 Å². The normalized spacial score (nSPS) is 12.6. The predicted octanol–water partition coefficient (Wildman–Crippen LogP) is 2.79. The molecule has 6 heteroatoms. The monoisotopic (exact) mass is 282 g/mol. The van der Waals surface area contributed by atoms with Crippen LogP contribution in [0.4, 0.5) is 4.39 Å². The number of nitrogens with one attached hydrogen (secondary N) is 1. The van der Waals surface area contributed by atoms with Gasteiger partial charge in [-0.15, -0.1) is 0 Å². The molecule has 0 aliphatic heterocycles. The third-order valence-electron chi connectivity index (χ3n) is 2.87. The molecule has 2 heterocycles. The minimum Gasteiger partial charge on any atom is -0.305 e. The third kappa shape index (κ3) is 2.93. The summed E-state index contributed by atoms with van der Waals surface area (Å²) in [5.41, 5.74) is 1.57. The first-order valence-corrected chi connectivity index (χ1v) is 6.60. The molecular weight excluding hydrogens is 267 g/mol. The minimum atomic E-state index is -0.362. The van der Waals surface area contributed by atoms with E-state index in [1.807, 2.05) is 13.8 Å². The van der Waals surface area contributed by atoms with Gasteiger partial charge in [0.15, 0.2) is 0 Å². The van der Waals surface area contributed by atoms with Crippen molar-refractivity contribution in [2.45, 2.75) is 26.4 Å². The van der Waals surface area contributed by atoms with E-state index in [4.69, 9.17) is 11.6 Å². The van der Waals surface area contributed by atoms with Gasteiger partial charge in [0.25, 0.3) is 0 Å². The summed E-state index contributed by atoms with van der Waals surface area (Å²) < 4.78 is 15.2. The molecule has 0 bridgehead atoms. The fourth-order valence-corrected chi connectivity index (χ4v) is 2.32. The molecule has 102 valence electrons. The van der Waals surface area contributed by atoms with Gasteiger partial charge in [0.05, 0.1) is 29.2 Å². The van der Waals surface area contributed by atoms with E-state index < -0.39 is 0 Å². The Morgan fingerprint density at radius 2 is 2.16 bits per heavy atom. The summed E-state index contributed by atoms with van der Waals surface area (Å²) in [6, 6.07) is 1.24. The zero-order valence-electron chi connectivity index (χ0n) is 10.9. The smallest absolute Gasteiger partial charge is 0.141 e. The number of aryl methyl sites for hydroxylation is 1. The molecule has 19 heavy (non-hydrogen) atoms. The van der Waals surface area contributed by atoms with E-state index in [0.29, 0.717) is 11.6 Å². The molecule has 0 saturated carbocycles. The van der Waals surface area contributed by atoms with Gasteiger partial charge in [-0.2, -0.15) is 5.10 Å². The van der Waals surface area contributed by atoms with Crippen molar-refractivity contribution in [3.8, 4) is 0 Å². The molecule has 0 radical (unpaired) electrons. The molecule has 1 atom stereocenters. The molecule has 0 fully saturated rings. The lowest BCUT2D eigenvalue weighted by molar-refractivity contribution is 0.536. The summed E-state index contributed by atoms with van der Waals surface area (Å²) in [5, 5.41) is 8.07. The Morgan fingerprint density at radius 3 is 2.79 bits per heavy atom. The molecule has 0 aliphatic rings. The number of pyridine rings is 1. The zero-order chi connectivity index (χ0) is 13.8. The van der Waals surface area contributed by atoms with Gasteiger partial charge in [-0.1, -0.05) is 18.5 Å². The molecule has 0 amide bonds. The first kappa shape index (κ1) is 14.0. The van der Waals surface area contributed by atoms with Crippen molar-refractivity contribution in [1.29, 1.82) is 0 Å². The van der Waals surface area contributed by atoms with Crippen LogP contribution in [0, 0.1) is 5.82 Å². The molecule has 0 saturated heterocycles. The van der Waals surface area contributed by atoms with Crippen molar-refractivity contribution in [2.75, 3.05) is 6.54 Å². The van der Waals surface area contributed by atoms with Crippen LogP contribution < -0.4 is 5.32 Å². The lowest BCUT2D eigenvalue weighted by Gasteiger charge is -2.19. The SMILES string of the molecule is CCNC(c1cncc(F)c1)c1c(Cl)cnn1CC. The Labute approximate surface area is 116 Å². The predicted molar refractivity (Wildman–Crippen MR) is 72.6 cm³/mol. The largest absolute Gasteiger partial charge is 0.305 e. The summed E-state index contributed by atoms with van der Waals surface area (Å²) in [4.78, 5) is 3.89. The van der Waals surface area contributed by atoms with Gasteiger partial charge in [0.2, 0.25) is 0 Å². The van der Waals surface area contributed by atoms with Gasteiger partial charge < -0.3 is 5.32 Å². The van der Waals surface area contributed by atoms with Gasteiger partial charge in [0.1, 0.15) is 5.82 Å². The average Bonchev–Trinajstić information content (AvgIpc) is 2.77. The topological polar surface area (TPSA) is 42.7 Å². The second-order valence-electron chi connectivity index (χ2n) is 4.12. The molecule has 2 aromatic rings. The fourth-order valence-electron chi connectivity index (χ4n) is 2.07. The van der Waals surface area contributed by atoms with Crippen molar-refractivity contribution < 1.29 is 4.39 Å². The minimum absolute atomic E-state index is 0.219. The first-order chi connectivity index (χ1) is 9.17. The van der Waals surface area contributed by atoms with Crippen LogP contribution in [-0.4, -0.2) is 21.3 Å². The van der Waals surface area contributed by atoms with Crippen molar-refractivity contribution in [3.63, 3.8) is 0 Å². The van der Waals surface area contributed by atoms with Crippen LogP contribution in [0.25, 0.3) is 0 Å². The summed E-state index contributed by atoms with van der Waals surface area (Å²) in [5.74, 6) is -0.362. The molecule has 0 aromatic carbocycles. The van der Waals surface area contributed by atoms with Crippen molar-refractivity contribution in [1.82, 2.24) is 20.1 Å². The van der Waals surface area contributed by atoms with Crippen LogP contribution in [0.2, 0.25) is 5.02 Å². The highest BCUT2D eigenvalue weighted by atomic mass is 35.5. The molecule has 2 rings (SSSR count). The van der Waals surface area contributed by atoms with Crippen LogP contribution in [-0.2, 0) is 6.54 Å². The van der Waals surface area contributed by atoms with Crippen molar-refractivity contribution in [3.05, 3.63) is 46.8 Å². The van der Waals surface area contributed by atoms with Crippen LogP contribution in [0.5, 0.6) is 0 Å². The van der Waals surface area contributed by atoms with E-state index in [2.05, 4.69) is 15.4 Å². The standard InChI is InChI=1S/C13H16ClFN4/c1-3-17-12(9-5-10(15)7-16-6-9)13-11(14)8-18-19(13)4-2/h5-8,12,17H,3-4H2,1-2H3. The van der Waals surface area contributed by atoms with E-state index in [-0.39, 0.29) is 11.9 Å². The fraction of sp³-hybridized carbons (Fsp3) is 0.385. The summed E-state index contributed by atoms with van der Waals surface area (Å²) >= 11 is 6.21. The van der Waals surface area contributed by atoms with Gasteiger partial charge in [-0.25, -0.2) is 4.39 Å². The molecule has 1 unspecified atom stereocenters. The quantitative estimate of drug-likeness (QED) is 0.917. The highest BCUT2D eigenvalue weighted by molar-refractivity contribution is 6.31. The number of halogens is 2. The van der Waals surface area contributed by atoms with Crippen molar-refractivity contribution >= 4 is 11.6 Å². The molecular formula is C13H16ClFN4. The highest BCUT2D eigenvalue weighted by Gasteiger charge is 2.21. The third-order valence-corrected chi connectivity index (χ3v) is 3.17. The van der Waals surface area contributed by atoms with Crippen LogP contribution in [0.15, 0.2) is 24.7 Å². The second-order valence-corrected chi connectivity index (χ2v) is 4.53. The van der Waals surface area contributed by atoms with E-state index in [9.17, 15) is 4.39 Å².